The van der Waals surface area contributed by atoms with E-state index in [9.17, 15) is 8.42 Å². The molecule has 2 fully saturated rings. The predicted octanol–water partition coefficient (Wildman–Crippen LogP) is 2.51. The molecule has 0 N–H and O–H groups in total. The summed E-state index contributed by atoms with van der Waals surface area (Å²) in [5.41, 5.74) is 0.800. The van der Waals surface area contributed by atoms with Gasteiger partial charge >= 0.3 is 0 Å². The van der Waals surface area contributed by atoms with Crippen LogP contribution in [0.1, 0.15) is 31.7 Å². The average molecular weight is 367 g/mol. The molecule has 0 aromatic heterocycles. The van der Waals surface area contributed by atoms with Crippen LogP contribution in [0.15, 0.2) is 29.2 Å². The van der Waals surface area contributed by atoms with Gasteiger partial charge in [0.25, 0.3) is 0 Å². The number of hydrogen-bond donors (Lipinski definition) is 0. The molecule has 0 radical (unpaired) electrons. The van der Waals surface area contributed by atoms with Gasteiger partial charge in [0.1, 0.15) is 0 Å². The maximum Gasteiger partial charge on any atom is 0.243 e. The van der Waals surface area contributed by atoms with E-state index in [0.717, 1.165) is 18.5 Å². The zero-order valence-electron chi connectivity index (χ0n) is 15.4. The van der Waals surface area contributed by atoms with E-state index in [4.69, 9.17) is 4.74 Å². The Morgan fingerprint density at radius 2 is 1.88 bits per heavy atom. The Morgan fingerprint density at radius 1 is 1.16 bits per heavy atom. The van der Waals surface area contributed by atoms with Crippen molar-refractivity contribution in [3.8, 4) is 0 Å². The fraction of sp³-hybridized carbons (Fsp3) is 0.684. The minimum absolute atomic E-state index is 0.0466. The maximum absolute atomic E-state index is 13.2. The lowest BCUT2D eigenvalue weighted by atomic mass is 9.98. The smallest absolute Gasteiger partial charge is 0.243 e. The van der Waals surface area contributed by atoms with Crippen molar-refractivity contribution in [1.29, 1.82) is 0 Å². The summed E-state index contributed by atoms with van der Waals surface area (Å²) in [7, 11) is -3.50. The molecule has 0 aliphatic carbocycles. The van der Waals surface area contributed by atoms with E-state index in [1.807, 2.05) is 26.0 Å². The molecule has 140 valence electrons. The second-order valence-electron chi connectivity index (χ2n) is 7.29. The largest absolute Gasteiger partial charge is 0.380 e. The van der Waals surface area contributed by atoms with Crippen molar-refractivity contribution in [1.82, 2.24) is 9.21 Å². The molecule has 2 aliphatic heterocycles. The Morgan fingerprint density at radius 3 is 2.60 bits per heavy atom. The van der Waals surface area contributed by atoms with Crippen molar-refractivity contribution < 1.29 is 13.2 Å². The van der Waals surface area contributed by atoms with Gasteiger partial charge in [0.15, 0.2) is 0 Å². The highest BCUT2D eigenvalue weighted by Crippen LogP contribution is 2.27. The van der Waals surface area contributed by atoms with Crippen molar-refractivity contribution in [3.63, 3.8) is 0 Å². The maximum atomic E-state index is 13.2. The van der Waals surface area contributed by atoms with Crippen LogP contribution in [0.4, 0.5) is 0 Å². The van der Waals surface area contributed by atoms with Crippen LogP contribution in [0.2, 0.25) is 0 Å². The molecular formula is C19H30N2O3S. The molecule has 5 nitrogen and oxygen atoms in total. The van der Waals surface area contributed by atoms with Gasteiger partial charge in [-0.25, -0.2) is 8.42 Å². The molecule has 3 rings (SSSR count). The lowest BCUT2D eigenvalue weighted by Crippen LogP contribution is -2.44. The molecule has 0 saturated carbocycles. The number of benzene rings is 1. The summed E-state index contributed by atoms with van der Waals surface area (Å²) in [6.45, 7) is 8.83. The topological polar surface area (TPSA) is 49.9 Å². The standard InChI is InChI=1S/C19H30N2O3S/c1-16-7-3-4-8-19(16)25(22,23)21-13-14-24-15-18(17(21)2)9-12-20-10-5-6-11-20/h3-4,7-8,17-18H,5-6,9-15H2,1-2H3/t17-,18+/m0/s1. The highest BCUT2D eigenvalue weighted by molar-refractivity contribution is 7.89. The van der Waals surface area contributed by atoms with Crippen molar-refractivity contribution in [2.75, 3.05) is 39.4 Å². The van der Waals surface area contributed by atoms with E-state index in [1.165, 1.54) is 25.9 Å². The third-order valence-electron chi connectivity index (χ3n) is 5.62. The number of rotatable bonds is 5. The summed E-state index contributed by atoms with van der Waals surface area (Å²) in [6.07, 6.45) is 3.55. The van der Waals surface area contributed by atoms with Gasteiger partial charge < -0.3 is 9.64 Å². The number of sulfonamides is 1. The van der Waals surface area contributed by atoms with Gasteiger partial charge in [-0.1, -0.05) is 18.2 Å². The molecule has 25 heavy (non-hydrogen) atoms. The molecule has 2 atom stereocenters. The van der Waals surface area contributed by atoms with E-state index in [-0.39, 0.29) is 12.0 Å². The quantitative estimate of drug-likeness (QED) is 0.803. The first-order chi connectivity index (χ1) is 12.0. The van der Waals surface area contributed by atoms with Crippen molar-refractivity contribution >= 4 is 10.0 Å². The van der Waals surface area contributed by atoms with Crippen molar-refractivity contribution in [2.24, 2.45) is 5.92 Å². The number of ether oxygens (including phenoxy) is 1. The van der Waals surface area contributed by atoms with Gasteiger partial charge in [0, 0.05) is 12.6 Å². The summed E-state index contributed by atoms with van der Waals surface area (Å²) in [5.74, 6) is 0.238. The molecule has 2 saturated heterocycles. The number of hydrogen-bond acceptors (Lipinski definition) is 4. The van der Waals surface area contributed by atoms with Crippen LogP contribution >= 0.6 is 0 Å². The summed E-state index contributed by atoms with van der Waals surface area (Å²) < 4.78 is 33.9. The Labute approximate surface area is 152 Å². The van der Waals surface area contributed by atoms with E-state index in [0.29, 0.717) is 24.7 Å². The summed E-state index contributed by atoms with van der Waals surface area (Å²) in [5, 5.41) is 0. The van der Waals surface area contributed by atoms with E-state index in [1.54, 1.807) is 16.4 Å². The Hall–Kier alpha value is -0.950. The van der Waals surface area contributed by atoms with E-state index >= 15 is 0 Å². The highest BCUT2D eigenvalue weighted by Gasteiger charge is 2.36. The molecule has 2 heterocycles. The molecule has 0 unspecified atom stereocenters. The Kier molecular flexibility index (Phi) is 6.15. The minimum Gasteiger partial charge on any atom is -0.380 e. The minimum atomic E-state index is -3.50. The lowest BCUT2D eigenvalue weighted by molar-refractivity contribution is 0.109. The van der Waals surface area contributed by atoms with E-state index in [2.05, 4.69) is 4.90 Å². The Bertz CT molecular complexity index is 671. The molecule has 1 aromatic carbocycles. The third kappa shape index (κ3) is 4.25. The fourth-order valence-electron chi connectivity index (χ4n) is 3.96. The highest BCUT2D eigenvalue weighted by atomic mass is 32.2. The SMILES string of the molecule is Cc1ccccc1S(=O)(=O)N1CCOC[C@@H](CCN2CCCC2)[C@@H]1C. The van der Waals surface area contributed by atoms with Gasteiger partial charge in [0.05, 0.1) is 18.1 Å². The number of likely N-dealkylation sites (tertiary alicyclic amines) is 1. The van der Waals surface area contributed by atoms with Crippen LogP contribution in [0.25, 0.3) is 0 Å². The fourth-order valence-corrected chi connectivity index (χ4v) is 5.86. The van der Waals surface area contributed by atoms with Crippen LogP contribution in [0.5, 0.6) is 0 Å². The number of nitrogens with zero attached hydrogens (tertiary/aromatic N) is 2. The van der Waals surface area contributed by atoms with Gasteiger partial charge in [-0.2, -0.15) is 4.31 Å². The first-order valence-corrected chi connectivity index (χ1v) is 10.8. The van der Waals surface area contributed by atoms with Crippen LogP contribution in [-0.2, 0) is 14.8 Å². The predicted molar refractivity (Wildman–Crippen MR) is 99.1 cm³/mol. The zero-order chi connectivity index (χ0) is 17.9. The number of aryl methyl sites for hydroxylation is 1. The first-order valence-electron chi connectivity index (χ1n) is 9.38. The molecular weight excluding hydrogens is 336 g/mol. The van der Waals surface area contributed by atoms with Gasteiger partial charge in [-0.05, 0) is 70.3 Å². The zero-order valence-corrected chi connectivity index (χ0v) is 16.2. The summed E-state index contributed by atoms with van der Waals surface area (Å²) in [4.78, 5) is 2.90. The van der Waals surface area contributed by atoms with Crippen LogP contribution in [0.3, 0.4) is 0 Å². The lowest BCUT2D eigenvalue weighted by Gasteiger charge is -2.32. The Balaban J connectivity index is 1.76. The summed E-state index contributed by atoms with van der Waals surface area (Å²) >= 11 is 0. The van der Waals surface area contributed by atoms with Crippen LogP contribution < -0.4 is 0 Å². The third-order valence-corrected chi connectivity index (χ3v) is 7.77. The molecule has 0 spiro atoms. The molecule has 6 heteroatoms. The first kappa shape index (κ1) is 18.8. The van der Waals surface area contributed by atoms with Crippen molar-refractivity contribution in [3.05, 3.63) is 29.8 Å². The second kappa shape index (κ2) is 8.16. The van der Waals surface area contributed by atoms with Crippen LogP contribution in [-0.4, -0.2) is 63.1 Å². The summed E-state index contributed by atoms with van der Waals surface area (Å²) in [6, 6.07) is 7.19. The molecule has 0 amide bonds. The second-order valence-corrected chi connectivity index (χ2v) is 9.15. The van der Waals surface area contributed by atoms with E-state index < -0.39 is 10.0 Å². The monoisotopic (exact) mass is 366 g/mol. The molecule has 2 aliphatic rings. The van der Waals surface area contributed by atoms with Crippen LogP contribution in [0, 0.1) is 12.8 Å². The average Bonchev–Trinajstić information content (AvgIpc) is 3.03. The molecule has 1 aromatic rings. The van der Waals surface area contributed by atoms with Gasteiger partial charge in [0.2, 0.25) is 10.0 Å². The van der Waals surface area contributed by atoms with Gasteiger partial charge in [-0.15, -0.1) is 0 Å². The molecule has 0 bridgehead atoms. The van der Waals surface area contributed by atoms with Crippen molar-refractivity contribution in [2.45, 2.75) is 44.0 Å². The normalized spacial score (nSPS) is 26.6. The van der Waals surface area contributed by atoms with Gasteiger partial charge in [-0.3, -0.25) is 0 Å².